The molecule has 0 radical (unpaired) electrons. The summed E-state index contributed by atoms with van der Waals surface area (Å²) in [6.07, 6.45) is 0.924. The van der Waals surface area contributed by atoms with Gasteiger partial charge in [0.15, 0.2) is 0 Å². The SMILES string of the molecule is CNC(COC(C)(C)C)Cc1cccc(Cl)c1. The first kappa shape index (κ1) is 14.5. The van der Waals surface area contributed by atoms with Gasteiger partial charge in [-0.2, -0.15) is 0 Å². The van der Waals surface area contributed by atoms with Crippen LogP contribution < -0.4 is 5.32 Å². The summed E-state index contributed by atoms with van der Waals surface area (Å²) in [5.41, 5.74) is 1.14. The van der Waals surface area contributed by atoms with E-state index in [0.717, 1.165) is 11.4 Å². The average molecular weight is 256 g/mol. The fraction of sp³-hybridized carbons (Fsp3) is 0.571. The van der Waals surface area contributed by atoms with E-state index in [1.165, 1.54) is 5.56 Å². The number of ether oxygens (including phenoxy) is 1. The molecule has 0 aliphatic carbocycles. The van der Waals surface area contributed by atoms with Gasteiger partial charge in [0.05, 0.1) is 12.2 Å². The molecule has 1 atom stereocenters. The van der Waals surface area contributed by atoms with Gasteiger partial charge in [-0.3, -0.25) is 0 Å². The topological polar surface area (TPSA) is 21.3 Å². The van der Waals surface area contributed by atoms with E-state index < -0.39 is 0 Å². The minimum Gasteiger partial charge on any atom is -0.374 e. The Morgan fingerprint density at radius 1 is 1.35 bits per heavy atom. The summed E-state index contributed by atoms with van der Waals surface area (Å²) in [4.78, 5) is 0. The van der Waals surface area contributed by atoms with Crippen molar-refractivity contribution in [2.24, 2.45) is 0 Å². The molecule has 96 valence electrons. The van der Waals surface area contributed by atoms with Gasteiger partial charge in [-0.15, -0.1) is 0 Å². The summed E-state index contributed by atoms with van der Waals surface area (Å²) >= 11 is 5.97. The Morgan fingerprint density at radius 3 is 2.59 bits per heavy atom. The Labute approximate surface area is 109 Å². The molecule has 0 aliphatic heterocycles. The number of halogens is 1. The zero-order valence-corrected chi connectivity index (χ0v) is 11.8. The summed E-state index contributed by atoms with van der Waals surface area (Å²) < 4.78 is 5.79. The zero-order chi connectivity index (χ0) is 12.9. The number of rotatable bonds is 5. The van der Waals surface area contributed by atoms with E-state index >= 15 is 0 Å². The number of hydrogen-bond donors (Lipinski definition) is 1. The van der Waals surface area contributed by atoms with Crippen molar-refractivity contribution in [2.45, 2.75) is 38.8 Å². The first-order valence-electron chi connectivity index (χ1n) is 5.96. The van der Waals surface area contributed by atoms with Crippen LogP contribution in [0.15, 0.2) is 24.3 Å². The Kier molecular flexibility index (Phi) is 5.44. The van der Waals surface area contributed by atoms with Crippen LogP contribution in [0.1, 0.15) is 26.3 Å². The van der Waals surface area contributed by atoms with Gasteiger partial charge >= 0.3 is 0 Å². The molecule has 0 saturated heterocycles. The van der Waals surface area contributed by atoms with Crippen LogP contribution in [0.4, 0.5) is 0 Å². The Bertz CT molecular complexity index is 346. The molecule has 0 spiro atoms. The molecule has 1 rings (SSSR count). The molecule has 0 bridgehead atoms. The van der Waals surface area contributed by atoms with Crippen LogP contribution >= 0.6 is 11.6 Å². The van der Waals surface area contributed by atoms with E-state index in [0.29, 0.717) is 12.6 Å². The average Bonchev–Trinajstić information content (AvgIpc) is 2.23. The van der Waals surface area contributed by atoms with Gasteiger partial charge in [0.2, 0.25) is 0 Å². The molecule has 0 saturated carbocycles. The molecule has 0 heterocycles. The summed E-state index contributed by atoms with van der Waals surface area (Å²) in [6.45, 7) is 6.91. The molecule has 0 aromatic heterocycles. The van der Waals surface area contributed by atoms with E-state index in [-0.39, 0.29) is 5.60 Å². The molecular weight excluding hydrogens is 234 g/mol. The Morgan fingerprint density at radius 2 is 2.06 bits per heavy atom. The van der Waals surface area contributed by atoms with Gasteiger partial charge in [0.25, 0.3) is 0 Å². The third kappa shape index (κ3) is 6.06. The Hall–Kier alpha value is -0.570. The first-order chi connectivity index (χ1) is 7.90. The third-order valence-electron chi connectivity index (χ3n) is 2.50. The maximum Gasteiger partial charge on any atom is 0.0629 e. The molecule has 3 heteroatoms. The van der Waals surface area contributed by atoms with Crippen molar-refractivity contribution in [1.82, 2.24) is 5.32 Å². The summed E-state index contributed by atoms with van der Waals surface area (Å²) in [6, 6.07) is 8.28. The zero-order valence-electron chi connectivity index (χ0n) is 11.1. The smallest absolute Gasteiger partial charge is 0.0629 e. The highest BCUT2D eigenvalue weighted by Crippen LogP contribution is 2.13. The molecular formula is C14H22ClNO. The van der Waals surface area contributed by atoms with Gasteiger partial charge in [-0.05, 0) is 51.9 Å². The molecule has 0 amide bonds. The van der Waals surface area contributed by atoms with Crippen molar-refractivity contribution in [3.8, 4) is 0 Å². The number of benzene rings is 1. The maximum atomic E-state index is 5.97. The van der Waals surface area contributed by atoms with E-state index in [4.69, 9.17) is 16.3 Å². The molecule has 17 heavy (non-hydrogen) atoms. The molecule has 1 unspecified atom stereocenters. The van der Waals surface area contributed by atoms with Crippen LogP contribution in [-0.2, 0) is 11.2 Å². The number of nitrogens with one attached hydrogen (secondary N) is 1. The van der Waals surface area contributed by atoms with Crippen molar-refractivity contribution in [2.75, 3.05) is 13.7 Å². The quantitative estimate of drug-likeness (QED) is 0.872. The van der Waals surface area contributed by atoms with E-state index in [9.17, 15) is 0 Å². The summed E-state index contributed by atoms with van der Waals surface area (Å²) in [7, 11) is 1.96. The predicted molar refractivity (Wildman–Crippen MR) is 73.7 cm³/mol. The standard InChI is InChI=1S/C14H22ClNO/c1-14(2,3)17-10-13(16-4)9-11-6-5-7-12(15)8-11/h5-8,13,16H,9-10H2,1-4H3. The first-order valence-corrected chi connectivity index (χ1v) is 6.34. The van der Waals surface area contributed by atoms with Crippen LogP contribution in [0.2, 0.25) is 5.02 Å². The minimum absolute atomic E-state index is 0.0938. The number of hydrogen-bond acceptors (Lipinski definition) is 2. The van der Waals surface area contributed by atoms with Gasteiger partial charge in [0.1, 0.15) is 0 Å². The highest BCUT2D eigenvalue weighted by Gasteiger charge is 2.14. The summed E-state index contributed by atoms with van der Waals surface area (Å²) in [5, 5.41) is 4.06. The largest absolute Gasteiger partial charge is 0.374 e. The van der Waals surface area contributed by atoms with Crippen LogP contribution in [0, 0.1) is 0 Å². The van der Waals surface area contributed by atoms with Crippen LogP contribution in [-0.4, -0.2) is 25.3 Å². The van der Waals surface area contributed by atoms with Crippen LogP contribution in [0.5, 0.6) is 0 Å². The van der Waals surface area contributed by atoms with E-state index in [1.54, 1.807) is 0 Å². The van der Waals surface area contributed by atoms with Crippen molar-refractivity contribution in [3.05, 3.63) is 34.9 Å². The highest BCUT2D eigenvalue weighted by atomic mass is 35.5. The third-order valence-corrected chi connectivity index (χ3v) is 2.73. The fourth-order valence-corrected chi connectivity index (χ4v) is 1.76. The lowest BCUT2D eigenvalue weighted by Crippen LogP contribution is -2.36. The Balaban J connectivity index is 2.52. The van der Waals surface area contributed by atoms with Gasteiger partial charge in [0, 0.05) is 11.1 Å². The predicted octanol–water partition coefficient (Wildman–Crippen LogP) is 3.29. The second-order valence-corrected chi connectivity index (χ2v) is 5.68. The number of likely N-dealkylation sites (N-methyl/N-ethyl adjacent to an activating group) is 1. The van der Waals surface area contributed by atoms with Crippen LogP contribution in [0.3, 0.4) is 0 Å². The second-order valence-electron chi connectivity index (χ2n) is 5.24. The van der Waals surface area contributed by atoms with Crippen LogP contribution in [0.25, 0.3) is 0 Å². The lowest BCUT2D eigenvalue weighted by atomic mass is 10.1. The molecule has 2 nitrogen and oxygen atoms in total. The van der Waals surface area contributed by atoms with Gasteiger partial charge < -0.3 is 10.1 Å². The van der Waals surface area contributed by atoms with Gasteiger partial charge in [-0.25, -0.2) is 0 Å². The molecule has 1 aromatic carbocycles. The van der Waals surface area contributed by atoms with Crippen molar-refractivity contribution in [1.29, 1.82) is 0 Å². The minimum atomic E-state index is -0.0938. The van der Waals surface area contributed by atoms with Gasteiger partial charge in [-0.1, -0.05) is 23.7 Å². The van der Waals surface area contributed by atoms with Crippen molar-refractivity contribution >= 4 is 11.6 Å². The van der Waals surface area contributed by atoms with Crippen molar-refractivity contribution < 1.29 is 4.74 Å². The second kappa shape index (κ2) is 6.39. The highest BCUT2D eigenvalue weighted by molar-refractivity contribution is 6.30. The summed E-state index contributed by atoms with van der Waals surface area (Å²) in [5.74, 6) is 0. The fourth-order valence-electron chi connectivity index (χ4n) is 1.54. The normalized spacial score (nSPS) is 13.7. The molecule has 1 N–H and O–H groups in total. The molecule has 0 aliphatic rings. The monoisotopic (exact) mass is 255 g/mol. The van der Waals surface area contributed by atoms with E-state index in [2.05, 4.69) is 32.2 Å². The van der Waals surface area contributed by atoms with Crippen molar-refractivity contribution in [3.63, 3.8) is 0 Å². The lowest BCUT2D eigenvalue weighted by Gasteiger charge is -2.24. The lowest BCUT2D eigenvalue weighted by molar-refractivity contribution is -0.0134. The molecule has 1 aromatic rings. The van der Waals surface area contributed by atoms with E-state index in [1.807, 2.05) is 25.2 Å². The maximum absolute atomic E-state index is 5.97. The molecule has 0 fully saturated rings.